The van der Waals surface area contributed by atoms with E-state index >= 15 is 0 Å². The first kappa shape index (κ1) is 22.8. The van der Waals surface area contributed by atoms with Gasteiger partial charge in [0.25, 0.3) is 11.8 Å². The van der Waals surface area contributed by atoms with Crippen LogP contribution in [-0.2, 0) is 37.1 Å². The van der Waals surface area contributed by atoms with Gasteiger partial charge in [-0.1, -0.05) is 11.1 Å². The van der Waals surface area contributed by atoms with E-state index in [9.17, 15) is 19.2 Å². The number of hydrogen-bond donors (Lipinski definition) is 2. The summed E-state index contributed by atoms with van der Waals surface area (Å²) in [5, 5.41) is 0.403. The molecule has 1 fully saturated rings. The van der Waals surface area contributed by atoms with E-state index in [2.05, 4.69) is 27.4 Å². The van der Waals surface area contributed by atoms with Crippen LogP contribution in [0.15, 0.2) is 23.2 Å². The molecule has 1 aromatic carbocycles. The lowest BCUT2D eigenvalue weighted by Crippen LogP contribution is -2.40. The Morgan fingerprint density at radius 3 is 2.43 bits per heavy atom. The fraction of sp³-hybridized carbons (Fsp3) is 0.421. The number of hydrogen-bond acceptors (Lipinski definition) is 9. The number of rotatable bonds is 7. The zero-order valence-electron chi connectivity index (χ0n) is 17.0. The van der Waals surface area contributed by atoms with E-state index in [1.807, 2.05) is 0 Å². The van der Waals surface area contributed by atoms with Crippen LogP contribution in [0.5, 0.6) is 0 Å². The SMILES string of the molecule is C=Nc1ccc(COC(=O)ON2C(=O)CCC2=O)c(CNNC(=O)OC(C)(C)C)c1. The van der Waals surface area contributed by atoms with Crippen LogP contribution < -0.4 is 10.9 Å². The van der Waals surface area contributed by atoms with Crippen LogP contribution in [0.2, 0.25) is 0 Å². The van der Waals surface area contributed by atoms with Gasteiger partial charge >= 0.3 is 12.2 Å². The van der Waals surface area contributed by atoms with Crippen molar-refractivity contribution in [3.05, 3.63) is 29.3 Å². The van der Waals surface area contributed by atoms with Gasteiger partial charge in [-0.15, -0.1) is 0 Å². The first-order chi connectivity index (χ1) is 14.1. The zero-order chi connectivity index (χ0) is 22.3. The number of hydroxylamine groups is 2. The number of nitrogens with one attached hydrogen (secondary N) is 2. The Balaban J connectivity index is 1.94. The molecule has 0 radical (unpaired) electrons. The van der Waals surface area contributed by atoms with Crippen molar-refractivity contribution >= 4 is 36.5 Å². The van der Waals surface area contributed by atoms with E-state index in [0.717, 1.165) is 0 Å². The van der Waals surface area contributed by atoms with Gasteiger partial charge in [-0.2, -0.15) is 0 Å². The summed E-state index contributed by atoms with van der Waals surface area (Å²) in [7, 11) is 0. The van der Waals surface area contributed by atoms with Crippen LogP contribution in [0, 0.1) is 0 Å². The predicted molar refractivity (Wildman–Crippen MR) is 104 cm³/mol. The molecule has 2 rings (SSSR count). The molecule has 0 aromatic heterocycles. The van der Waals surface area contributed by atoms with Crippen LogP contribution in [0.4, 0.5) is 15.3 Å². The highest BCUT2D eigenvalue weighted by Gasteiger charge is 2.33. The summed E-state index contributed by atoms with van der Waals surface area (Å²) in [6.45, 7) is 8.65. The Labute approximate surface area is 173 Å². The van der Waals surface area contributed by atoms with Crippen molar-refractivity contribution < 1.29 is 33.5 Å². The van der Waals surface area contributed by atoms with Gasteiger partial charge in [0.2, 0.25) is 0 Å². The fourth-order valence-corrected chi connectivity index (χ4v) is 2.43. The number of aliphatic imine (C=N–C) groups is 1. The largest absolute Gasteiger partial charge is 0.534 e. The van der Waals surface area contributed by atoms with Crippen LogP contribution in [0.3, 0.4) is 0 Å². The molecule has 0 spiro atoms. The summed E-state index contributed by atoms with van der Waals surface area (Å²) < 4.78 is 10.1. The number of nitrogens with zero attached hydrogens (tertiary/aromatic N) is 2. The lowest BCUT2D eigenvalue weighted by molar-refractivity contribution is -0.177. The number of ether oxygens (including phenoxy) is 2. The molecule has 0 bridgehead atoms. The summed E-state index contributed by atoms with van der Waals surface area (Å²) in [6, 6.07) is 5.01. The standard InChI is InChI=1S/C19H24N4O7/c1-19(2,3)29-17(26)22-21-10-13-9-14(20-4)6-5-12(13)11-28-18(27)30-23-15(24)7-8-16(23)25/h5-6,9,21H,4,7-8,10-11H2,1-3H3,(H,22,26). The fourth-order valence-electron chi connectivity index (χ4n) is 2.43. The molecule has 1 aliphatic heterocycles. The van der Waals surface area contributed by atoms with Crippen molar-refractivity contribution in [2.45, 2.75) is 52.4 Å². The summed E-state index contributed by atoms with van der Waals surface area (Å²) in [5.74, 6) is -1.20. The topological polar surface area (TPSA) is 136 Å². The molecule has 1 heterocycles. The number of benzene rings is 1. The van der Waals surface area contributed by atoms with Crippen molar-refractivity contribution in [2.24, 2.45) is 4.99 Å². The van der Waals surface area contributed by atoms with Gasteiger partial charge in [-0.25, -0.2) is 15.0 Å². The van der Waals surface area contributed by atoms with Crippen molar-refractivity contribution in [1.82, 2.24) is 15.9 Å². The minimum Gasteiger partial charge on any atom is -0.443 e. The van der Waals surface area contributed by atoms with E-state index in [4.69, 9.17) is 9.47 Å². The van der Waals surface area contributed by atoms with E-state index in [0.29, 0.717) is 21.9 Å². The highest BCUT2D eigenvalue weighted by molar-refractivity contribution is 6.01. The average Bonchev–Trinajstić information content (AvgIpc) is 2.97. The molecule has 3 amide bonds. The summed E-state index contributed by atoms with van der Waals surface area (Å²) in [5.41, 5.74) is 6.28. The number of carbonyl (C=O) groups excluding carboxylic acids is 4. The van der Waals surface area contributed by atoms with Gasteiger partial charge in [0, 0.05) is 19.4 Å². The van der Waals surface area contributed by atoms with Gasteiger partial charge in [0.05, 0.1) is 5.69 Å². The molecule has 1 saturated heterocycles. The Kier molecular flexibility index (Phi) is 7.48. The van der Waals surface area contributed by atoms with Crippen LogP contribution in [-0.4, -0.2) is 41.4 Å². The predicted octanol–water partition coefficient (Wildman–Crippen LogP) is 2.27. The second kappa shape index (κ2) is 9.83. The van der Waals surface area contributed by atoms with E-state index in [1.165, 1.54) is 0 Å². The number of amides is 3. The van der Waals surface area contributed by atoms with E-state index in [1.54, 1.807) is 39.0 Å². The Morgan fingerprint density at radius 1 is 1.17 bits per heavy atom. The minimum absolute atomic E-state index is 0.0113. The molecule has 0 atom stereocenters. The zero-order valence-corrected chi connectivity index (χ0v) is 17.0. The third-order valence-corrected chi connectivity index (χ3v) is 3.76. The van der Waals surface area contributed by atoms with Gasteiger partial charge in [-0.3, -0.25) is 24.8 Å². The third kappa shape index (κ3) is 6.85. The number of imide groups is 1. The molecule has 11 nitrogen and oxygen atoms in total. The molecule has 162 valence electrons. The lowest BCUT2D eigenvalue weighted by atomic mass is 10.1. The quantitative estimate of drug-likeness (QED) is 0.297. The lowest BCUT2D eigenvalue weighted by Gasteiger charge is -2.20. The summed E-state index contributed by atoms with van der Waals surface area (Å²) in [4.78, 5) is 55.0. The first-order valence-electron chi connectivity index (χ1n) is 9.10. The van der Waals surface area contributed by atoms with Gasteiger partial charge in [-0.05, 0) is 50.7 Å². The molecule has 0 saturated carbocycles. The Morgan fingerprint density at radius 2 is 1.83 bits per heavy atom. The first-order valence-corrected chi connectivity index (χ1v) is 9.10. The van der Waals surface area contributed by atoms with Crippen molar-refractivity contribution in [2.75, 3.05) is 0 Å². The smallest absolute Gasteiger partial charge is 0.443 e. The normalized spacial score (nSPS) is 13.8. The Hall–Kier alpha value is -3.47. The van der Waals surface area contributed by atoms with Gasteiger partial charge in [0.1, 0.15) is 12.2 Å². The second-order valence-corrected chi connectivity index (χ2v) is 7.30. The van der Waals surface area contributed by atoms with E-state index < -0.39 is 29.7 Å². The third-order valence-electron chi connectivity index (χ3n) is 3.76. The molecule has 2 N–H and O–H groups in total. The number of carbonyl (C=O) groups is 4. The maximum atomic E-state index is 11.8. The molecule has 1 aliphatic rings. The molecule has 0 aliphatic carbocycles. The van der Waals surface area contributed by atoms with Gasteiger partial charge in [0.15, 0.2) is 0 Å². The monoisotopic (exact) mass is 420 g/mol. The van der Waals surface area contributed by atoms with Crippen molar-refractivity contribution in [3.63, 3.8) is 0 Å². The van der Waals surface area contributed by atoms with Crippen molar-refractivity contribution in [3.8, 4) is 0 Å². The molecule has 0 unspecified atom stereocenters. The van der Waals surface area contributed by atoms with E-state index in [-0.39, 0.29) is 26.0 Å². The maximum absolute atomic E-state index is 11.8. The van der Waals surface area contributed by atoms with Crippen LogP contribution in [0.25, 0.3) is 0 Å². The molecule has 1 aromatic rings. The molecule has 11 heteroatoms. The highest BCUT2D eigenvalue weighted by Crippen LogP contribution is 2.20. The summed E-state index contributed by atoms with van der Waals surface area (Å²) >= 11 is 0. The molecular weight excluding hydrogens is 396 g/mol. The average molecular weight is 420 g/mol. The minimum atomic E-state index is -1.18. The second-order valence-electron chi connectivity index (χ2n) is 7.30. The summed E-state index contributed by atoms with van der Waals surface area (Å²) in [6.07, 6.45) is -1.86. The Bertz CT molecular complexity index is 832. The maximum Gasteiger partial charge on any atom is 0.534 e. The van der Waals surface area contributed by atoms with Crippen LogP contribution in [0.1, 0.15) is 44.7 Å². The molecule has 30 heavy (non-hydrogen) atoms. The highest BCUT2D eigenvalue weighted by atomic mass is 16.8. The number of hydrazine groups is 1. The van der Waals surface area contributed by atoms with Gasteiger partial charge < -0.3 is 9.47 Å². The van der Waals surface area contributed by atoms with Crippen LogP contribution >= 0.6 is 0 Å². The van der Waals surface area contributed by atoms with Crippen molar-refractivity contribution in [1.29, 1.82) is 0 Å². The molecular formula is C19H24N4O7.